The number of imidazole rings is 1. The third-order valence-corrected chi connectivity index (χ3v) is 4.88. The normalized spacial score (nSPS) is 11.2. The summed E-state index contributed by atoms with van der Waals surface area (Å²) in [6, 6.07) is 11.6. The molecule has 3 heterocycles. The zero-order chi connectivity index (χ0) is 21.4. The van der Waals surface area contributed by atoms with Gasteiger partial charge >= 0.3 is 5.69 Å². The van der Waals surface area contributed by atoms with E-state index < -0.39 is 11.2 Å². The number of carbonyl (C=O) groups excluding carboxylic acids is 1. The van der Waals surface area contributed by atoms with Gasteiger partial charge in [-0.3, -0.25) is 18.7 Å². The zero-order valence-corrected chi connectivity index (χ0v) is 16.9. The predicted octanol–water partition coefficient (Wildman–Crippen LogP) is 0.626. The molecule has 0 spiro atoms. The molecule has 0 saturated heterocycles. The van der Waals surface area contributed by atoms with Crippen molar-refractivity contribution in [2.75, 3.05) is 5.32 Å². The van der Waals surface area contributed by atoms with Crippen molar-refractivity contribution < 1.29 is 4.79 Å². The maximum absolute atomic E-state index is 12.7. The number of carbonyl (C=O) groups is 1. The second-order valence-corrected chi connectivity index (χ2v) is 7.11. The molecule has 0 saturated carbocycles. The van der Waals surface area contributed by atoms with Gasteiger partial charge in [0.05, 0.1) is 18.6 Å². The van der Waals surface area contributed by atoms with E-state index in [2.05, 4.69) is 15.4 Å². The Hall–Kier alpha value is -3.95. The minimum absolute atomic E-state index is 0.125. The van der Waals surface area contributed by atoms with Crippen LogP contribution < -0.4 is 16.6 Å². The molecule has 154 valence electrons. The highest BCUT2D eigenvalue weighted by atomic mass is 16.2. The summed E-state index contributed by atoms with van der Waals surface area (Å²) < 4.78 is 5.44. The molecule has 10 nitrogen and oxygen atoms in total. The molecule has 1 aromatic carbocycles. The summed E-state index contributed by atoms with van der Waals surface area (Å²) in [6.45, 7) is 2.24. The monoisotopic (exact) mass is 407 g/mol. The topological polar surface area (TPSA) is 109 Å². The zero-order valence-electron chi connectivity index (χ0n) is 16.9. The third kappa shape index (κ3) is 3.43. The average molecular weight is 407 g/mol. The third-order valence-electron chi connectivity index (χ3n) is 4.88. The highest BCUT2D eigenvalue weighted by Gasteiger charge is 2.17. The number of rotatable bonds is 5. The molecule has 10 heteroatoms. The van der Waals surface area contributed by atoms with Crippen molar-refractivity contribution in [3.63, 3.8) is 0 Å². The van der Waals surface area contributed by atoms with Crippen LogP contribution in [0.25, 0.3) is 11.2 Å². The van der Waals surface area contributed by atoms with Crippen molar-refractivity contribution in [2.45, 2.75) is 20.0 Å². The van der Waals surface area contributed by atoms with Crippen LogP contribution in [0, 0.1) is 6.92 Å². The standard InChI is InChI=1S/C20H21N7O3/c1-13-9-15(27(23-13)10-14-7-5-4-6-8-14)22-16(28)11-26-12-21-18-17(26)19(29)25(3)20(30)24(18)2/h4-9,12H,10-11H2,1-3H3,(H,22,28). The Morgan fingerprint density at radius 1 is 1.10 bits per heavy atom. The first-order chi connectivity index (χ1) is 14.3. The SMILES string of the molecule is Cc1cc(NC(=O)Cn2cnc3c2c(=O)n(C)c(=O)n3C)n(Cc2ccccc2)n1. The summed E-state index contributed by atoms with van der Waals surface area (Å²) in [5, 5.41) is 7.29. The minimum atomic E-state index is -0.497. The fraction of sp³-hybridized carbons (Fsp3) is 0.250. The van der Waals surface area contributed by atoms with E-state index in [1.54, 1.807) is 10.7 Å². The second-order valence-electron chi connectivity index (χ2n) is 7.11. The van der Waals surface area contributed by atoms with Gasteiger partial charge < -0.3 is 9.88 Å². The molecule has 0 atom stereocenters. The van der Waals surface area contributed by atoms with Crippen molar-refractivity contribution in [3.05, 3.63) is 74.8 Å². The number of aromatic nitrogens is 6. The van der Waals surface area contributed by atoms with Gasteiger partial charge in [-0.15, -0.1) is 0 Å². The molecule has 1 N–H and O–H groups in total. The van der Waals surface area contributed by atoms with Crippen LogP contribution in [0.2, 0.25) is 0 Å². The van der Waals surface area contributed by atoms with E-state index in [1.807, 2.05) is 37.3 Å². The van der Waals surface area contributed by atoms with Crippen LogP contribution in [0.3, 0.4) is 0 Å². The fourth-order valence-corrected chi connectivity index (χ4v) is 3.38. The highest BCUT2D eigenvalue weighted by molar-refractivity contribution is 5.90. The summed E-state index contributed by atoms with van der Waals surface area (Å²) in [5.41, 5.74) is 1.30. The summed E-state index contributed by atoms with van der Waals surface area (Å²) in [7, 11) is 2.93. The molecule has 0 unspecified atom stereocenters. The predicted molar refractivity (Wildman–Crippen MR) is 111 cm³/mol. The largest absolute Gasteiger partial charge is 0.332 e. The van der Waals surface area contributed by atoms with Gasteiger partial charge in [-0.05, 0) is 12.5 Å². The van der Waals surface area contributed by atoms with Gasteiger partial charge in [0.2, 0.25) is 5.91 Å². The molecular formula is C20H21N7O3. The maximum atomic E-state index is 12.7. The first-order valence-electron chi connectivity index (χ1n) is 9.34. The lowest BCUT2D eigenvalue weighted by Gasteiger charge is -2.10. The van der Waals surface area contributed by atoms with E-state index >= 15 is 0 Å². The molecule has 4 aromatic rings. The number of hydrogen-bond donors (Lipinski definition) is 1. The Morgan fingerprint density at radius 3 is 2.57 bits per heavy atom. The second kappa shape index (κ2) is 7.47. The molecule has 0 radical (unpaired) electrons. The van der Waals surface area contributed by atoms with Crippen molar-refractivity contribution in [2.24, 2.45) is 14.1 Å². The molecule has 1 amide bonds. The van der Waals surface area contributed by atoms with Gasteiger partial charge in [-0.1, -0.05) is 30.3 Å². The van der Waals surface area contributed by atoms with Gasteiger partial charge in [0.1, 0.15) is 12.4 Å². The number of nitrogens with one attached hydrogen (secondary N) is 1. The van der Waals surface area contributed by atoms with Crippen molar-refractivity contribution >= 4 is 22.9 Å². The summed E-state index contributed by atoms with van der Waals surface area (Å²) in [4.78, 5) is 41.4. The summed E-state index contributed by atoms with van der Waals surface area (Å²) in [6.07, 6.45) is 1.39. The Labute approximate surface area is 171 Å². The number of amides is 1. The minimum Gasteiger partial charge on any atom is -0.315 e. The Morgan fingerprint density at radius 2 is 1.83 bits per heavy atom. The van der Waals surface area contributed by atoms with Crippen molar-refractivity contribution in [1.82, 2.24) is 28.5 Å². The van der Waals surface area contributed by atoms with Crippen LogP contribution in [-0.4, -0.2) is 34.4 Å². The average Bonchev–Trinajstić information content (AvgIpc) is 3.28. The Bertz CT molecular complexity index is 1360. The molecule has 30 heavy (non-hydrogen) atoms. The molecule has 0 fully saturated rings. The van der Waals surface area contributed by atoms with Crippen LogP contribution in [-0.2, 0) is 32.0 Å². The number of anilines is 1. The molecule has 0 aliphatic carbocycles. The number of benzene rings is 1. The summed E-state index contributed by atoms with van der Waals surface area (Å²) in [5.74, 6) is 0.227. The first kappa shape index (κ1) is 19.4. The number of hydrogen-bond acceptors (Lipinski definition) is 5. The van der Waals surface area contributed by atoms with Crippen LogP contribution >= 0.6 is 0 Å². The van der Waals surface area contributed by atoms with Gasteiger partial charge in [0, 0.05) is 20.2 Å². The van der Waals surface area contributed by atoms with E-state index in [-0.39, 0.29) is 23.6 Å². The lowest BCUT2D eigenvalue weighted by molar-refractivity contribution is -0.116. The smallest absolute Gasteiger partial charge is 0.315 e. The van der Waals surface area contributed by atoms with E-state index in [1.165, 1.54) is 29.6 Å². The van der Waals surface area contributed by atoms with Gasteiger partial charge in [-0.25, -0.2) is 14.5 Å². The van der Waals surface area contributed by atoms with Crippen LogP contribution in [0.1, 0.15) is 11.3 Å². The lowest BCUT2D eigenvalue weighted by Crippen LogP contribution is -2.37. The van der Waals surface area contributed by atoms with Crippen molar-refractivity contribution in [1.29, 1.82) is 0 Å². The first-order valence-corrected chi connectivity index (χ1v) is 9.34. The molecule has 0 bridgehead atoms. The number of aryl methyl sites for hydroxylation is 2. The quantitative estimate of drug-likeness (QED) is 0.522. The van der Waals surface area contributed by atoms with Gasteiger partial charge in [-0.2, -0.15) is 5.10 Å². The number of fused-ring (bicyclic) bond motifs is 1. The van der Waals surface area contributed by atoms with Gasteiger partial charge in [0.15, 0.2) is 11.2 Å². The molecule has 4 rings (SSSR count). The molecule has 0 aliphatic heterocycles. The van der Waals surface area contributed by atoms with E-state index in [9.17, 15) is 14.4 Å². The van der Waals surface area contributed by atoms with E-state index in [0.29, 0.717) is 12.4 Å². The molecular weight excluding hydrogens is 386 g/mol. The molecule has 3 aromatic heterocycles. The lowest BCUT2D eigenvalue weighted by atomic mass is 10.2. The molecule has 0 aliphatic rings. The van der Waals surface area contributed by atoms with E-state index in [0.717, 1.165) is 15.8 Å². The van der Waals surface area contributed by atoms with E-state index in [4.69, 9.17) is 0 Å². The number of nitrogens with zero attached hydrogens (tertiary/aromatic N) is 6. The highest BCUT2D eigenvalue weighted by Crippen LogP contribution is 2.14. The summed E-state index contributed by atoms with van der Waals surface area (Å²) >= 11 is 0. The fourth-order valence-electron chi connectivity index (χ4n) is 3.38. The van der Waals surface area contributed by atoms with Gasteiger partial charge in [0.25, 0.3) is 5.56 Å². The maximum Gasteiger partial charge on any atom is 0.332 e. The Balaban J connectivity index is 1.60. The van der Waals surface area contributed by atoms with Crippen LogP contribution in [0.4, 0.5) is 5.82 Å². The van der Waals surface area contributed by atoms with Crippen LogP contribution in [0.15, 0.2) is 52.3 Å². The van der Waals surface area contributed by atoms with Crippen molar-refractivity contribution in [3.8, 4) is 0 Å². The van der Waals surface area contributed by atoms with Crippen LogP contribution in [0.5, 0.6) is 0 Å². The Kier molecular flexibility index (Phi) is 4.82.